The lowest BCUT2D eigenvalue weighted by Crippen LogP contribution is -2.45. The molecular formula is C17H33IN4O2. The van der Waals surface area contributed by atoms with Gasteiger partial charge in [-0.25, -0.2) is 0 Å². The summed E-state index contributed by atoms with van der Waals surface area (Å²) in [6, 6.07) is 0.306. The number of carbonyl (C=O) groups is 1. The molecule has 1 aliphatic heterocycles. The Morgan fingerprint density at radius 3 is 2.71 bits per heavy atom. The molecule has 2 rings (SSSR count). The Balaban J connectivity index is 0.00000288. The van der Waals surface area contributed by atoms with Gasteiger partial charge in [0.1, 0.15) is 0 Å². The van der Waals surface area contributed by atoms with Gasteiger partial charge in [0.15, 0.2) is 5.96 Å². The van der Waals surface area contributed by atoms with Gasteiger partial charge in [0.25, 0.3) is 0 Å². The average molecular weight is 452 g/mol. The molecule has 1 saturated carbocycles. The molecule has 1 saturated heterocycles. The first-order valence-electron chi connectivity index (χ1n) is 9.07. The molecule has 1 aliphatic carbocycles. The Kier molecular flexibility index (Phi) is 10.6. The molecular weight excluding hydrogens is 419 g/mol. The van der Waals surface area contributed by atoms with Crippen LogP contribution in [-0.2, 0) is 9.53 Å². The molecule has 7 heteroatoms. The lowest BCUT2D eigenvalue weighted by molar-refractivity contribution is -0.134. The van der Waals surface area contributed by atoms with Gasteiger partial charge in [-0.1, -0.05) is 12.8 Å². The molecule has 0 radical (unpaired) electrons. The zero-order valence-corrected chi connectivity index (χ0v) is 17.4. The smallest absolute Gasteiger partial charge is 0.225 e. The molecule has 1 unspecified atom stereocenters. The van der Waals surface area contributed by atoms with Gasteiger partial charge < -0.3 is 20.3 Å². The van der Waals surface area contributed by atoms with Crippen molar-refractivity contribution in [1.29, 1.82) is 0 Å². The number of guanidine groups is 1. The van der Waals surface area contributed by atoms with Gasteiger partial charge in [-0.05, 0) is 32.6 Å². The first-order chi connectivity index (χ1) is 11.2. The molecule has 0 spiro atoms. The van der Waals surface area contributed by atoms with E-state index in [2.05, 4.69) is 22.5 Å². The largest absolute Gasteiger partial charge is 0.385 e. The fraction of sp³-hybridized carbons (Fsp3) is 0.882. The standard InChI is InChI=1S/C17H32N4O2.HI/c1-3-18-17(19-10-6-12-23-2)20-15-9-11-21(13-15)16(22)14-7-4-5-8-14;/h14-15H,3-13H2,1-2H3,(H2,18,19,20);1H. The van der Waals surface area contributed by atoms with Crippen molar-refractivity contribution in [2.45, 2.75) is 51.5 Å². The van der Waals surface area contributed by atoms with E-state index in [9.17, 15) is 4.79 Å². The molecule has 0 bridgehead atoms. The highest BCUT2D eigenvalue weighted by atomic mass is 127. The van der Waals surface area contributed by atoms with E-state index < -0.39 is 0 Å². The van der Waals surface area contributed by atoms with Crippen molar-refractivity contribution in [2.75, 3.05) is 39.9 Å². The zero-order valence-electron chi connectivity index (χ0n) is 15.1. The molecule has 2 N–H and O–H groups in total. The number of halogens is 1. The van der Waals surface area contributed by atoms with E-state index in [0.717, 1.165) is 64.4 Å². The van der Waals surface area contributed by atoms with E-state index in [1.807, 2.05) is 4.90 Å². The lowest BCUT2D eigenvalue weighted by Gasteiger charge is -2.21. The lowest BCUT2D eigenvalue weighted by atomic mass is 10.1. The Labute approximate surface area is 163 Å². The zero-order chi connectivity index (χ0) is 16.5. The summed E-state index contributed by atoms with van der Waals surface area (Å²) in [5.41, 5.74) is 0. The maximum atomic E-state index is 12.5. The minimum absolute atomic E-state index is 0. The quantitative estimate of drug-likeness (QED) is 0.269. The number of nitrogens with zero attached hydrogens (tertiary/aromatic N) is 2. The van der Waals surface area contributed by atoms with Gasteiger partial charge in [0.2, 0.25) is 5.91 Å². The first kappa shape index (κ1) is 21.5. The molecule has 2 aliphatic rings. The molecule has 140 valence electrons. The summed E-state index contributed by atoms with van der Waals surface area (Å²) in [4.78, 5) is 19.1. The van der Waals surface area contributed by atoms with Crippen LogP contribution in [0.3, 0.4) is 0 Å². The van der Waals surface area contributed by atoms with Crippen LogP contribution in [0.15, 0.2) is 4.99 Å². The second kappa shape index (κ2) is 11.9. The number of nitrogens with one attached hydrogen (secondary N) is 2. The van der Waals surface area contributed by atoms with E-state index in [4.69, 9.17) is 4.74 Å². The Bertz CT molecular complexity index is 400. The number of hydrogen-bond donors (Lipinski definition) is 2. The fourth-order valence-electron chi connectivity index (χ4n) is 3.42. The van der Waals surface area contributed by atoms with E-state index in [-0.39, 0.29) is 29.9 Å². The van der Waals surface area contributed by atoms with Gasteiger partial charge in [0, 0.05) is 51.9 Å². The third-order valence-electron chi connectivity index (χ3n) is 4.67. The van der Waals surface area contributed by atoms with Crippen LogP contribution in [0.25, 0.3) is 0 Å². The molecule has 1 heterocycles. The highest BCUT2D eigenvalue weighted by molar-refractivity contribution is 14.0. The molecule has 0 aromatic carbocycles. The summed E-state index contributed by atoms with van der Waals surface area (Å²) in [7, 11) is 1.71. The summed E-state index contributed by atoms with van der Waals surface area (Å²) < 4.78 is 5.05. The van der Waals surface area contributed by atoms with Crippen LogP contribution >= 0.6 is 24.0 Å². The van der Waals surface area contributed by atoms with Gasteiger partial charge in [-0.2, -0.15) is 0 Å². The van der Waals surface area contributed by atoms with Crippen LogP contribution in [-0.4, -0.2) is 62.7 Å². The van der Waals surface area contributed by atoms with Crippen LogP contribution in [0, 0.1) is 5.92 Å². The summed E-state index contributed by atoms with van der Waals surface area (Å²) in [6.07, 6.45) is 6.51. The third kappa shape index (κ3) is 6.74. The molecule has 0 aromatic heterocycles. The maximum Gasteiger partial charge on any atom is 0.225 e. The second-order valence-electron chi connectivity index (χ2n) is 6.50. The molecule has 6 nitrogen and oxygen atoms in total. The molecule has 0 aromatic rings. The van der Waals surface area contributed by atoms with Crippen molar-refractivity contribution < 1.29 is 9.53 Å². The van der Waals surface area contributed by atoms with Gasteiger partial charge in [0.05, 0.1) is 0 Å². The second-order valence-corrected chi connectivity index (χ2v) is 6.50. The number of hydrogen-bond acceptors (Lipinski definition) is 3. The van der Waals surface area contributed by atoms with Crippen molar-refractivity contribution in [1.82, 2.24) is 15.5 Å². The van der Waals surface area contributed by atoms with Crippen LogP contribution in [0.4, 0.5) is 0 Å². The van der Waals surface area contributed by atoms with Crippen molar-refractivity contribution in [3.8, 4) is 0 Å². The van der Waals surface area contributed by atoms with Crippen LogP contribution in [0.5, 0.6) is 0 Å². The highest BCUT2D eigenvalue weighted by Crippen LogP contribution is 2.27. The van der Waals surface area contributed by atoms with Crippen LogP contribution < -0.4 is 10.6 Å². The van der Waals surface area contributed by atoms with Gasteiger partial charge >= 0.3 is 0 Å². The van der Waals surface area contributed by atoms with Crippen molar-refractivity contribution in [2.24, 2.45) is 10.9 Å². The van der Waals surface area contributed by atoms with E-state index >= 15 is 0 Å². The Morgan fingerprint density at radius 2 is 2.04 bits per heavy atom. The van der Waals surface area contributed by atoms with Crippen LogP contribution in [0.2, 0.25) is 0 Å². The number of methoxy groups -OCH3 is 1. The molecule has 1 atom stereocenters. The number of likely N-dealkylation sites (tertiary alicyclic amines) is 1. The van der Waals surface area contributed by atoms with Crippen molar-refractivity contribution >= 4 is 35.8 Å². The Morgan fingerprint density at radius 1 is 1.29 bits per heavy atom. The number of aliphatic imine (C=N–C) groups is 1. The topological polar surface area (TPSA) is 66.0 Å². The predicted octanol–water partition coefficient (Wildman–Crippen LogP) is 1.99. The number of ether oxygens (including phenoxy) is 1. The normalized spacial score (nSPS) is 21.7. The highest BCUT2D eigenvalue weighted by Gasteiger charge is 2.32. The van der Waals surface area contributed by atoms with Crippen LogP contribution in [0.1, 0.15) is 45.4 Å². The minimum atomic E-state index is 0. The maximum absolute atomic E-state index is 12.5. The third-order valence-corrected chi connectivity index (χ3v) is 4.67. The Hall–Kier alpha value is -0.570. The SMILES string of the molecule is CCNC(=NCCCOC)NC1CCN(C(=O)C2CCCC2)C1.I. The van der Waals surface area contributed by atoms with E-state index in [1.54, 1.807) is 7.11 Å². The molecule has 1 amide bonds. The fourth-order valence-corrected chi connectivity index (χ4v) is 3.42. The average Bonchev–Trinajstić information content (AvgIpc) is 3.22. The number of amides is 1. The van der Waals surface area contributed by atoms with E-state index in [0.29, 0.717) is 11.9 Å². The van der Waals surface area contributed by atoms with Crippen molar-refractivity contribution in [3.05, 3.63) is 0 Å². The summed E-state index contributed by atoms with van der Waals surface area (Å²) in [5, 5.41) is 6.75. The molecule has 24 heavy (non-hydrogen) atoms. The predicted molar refractivity (Wildman–Crippen MR) is 108 cm³/mol. The number of rotatable bonds is 7. The summed E-state index contributed by atoms with van der Waals surface area (Å²) >= 11 is 0. The first-order valence-corrected chi connectivity index (χ1v) is 9.07. The minimum Gasteiger partial charge on any atom is -0.385 e. The summed E-state index contributed by atoms with van der Waals surface area (Å²) in [6.45, 7) is 6.06. The van der Waals surface area contributed by atoms with Gasteiger partial charge in [-0.3, -0.25) is 9.79 Å². The number of carbonyl (C=O) groups excluding carboxylic acids is 1. The summed E-state index contributed by atoms with van der Waals surface area (Å²) in [5.74, 6) is 1.50. The van der Waals surface area contributed by atoms with Crippen molar-refractivity contribution in [3.63, 3.8) is 0 Å². The molecule has 2 fully saturated rings. The monoisotopic (exact) mass is 452 g/mol. The van der Waals surface area contributed by atoms with Gasteiger partial charge in [-0.15, -0.1) is 24.0 Å². The van der Waals surface area contributed by atoms with E-state index in [1.165, 1.54) is 12.8 Å².